The van der Waals surface area contributed by atoms with Crippen LogP contribution in [0.3, 0.4) is 0 Å². The van der Waals surface area contributed by atoms with Crippen molar-refractivity contribution in [3.05, 3.63) is 18.2 Å². The molecule has 118 valence electrons. The third-order valence-corrected chi connectivity index (χ3v) is 5.41. The highest BCUT2D eigenvalue weighted by atomic mass is 32.2. The van der Waals surface area contributed by atoms with Gasteiger partial charge in [0.15, 0.2) is 11.5 Å². The van der Waals surface area contributed by atoms with E-state index in [9.17, 15) is 8.42 Å². The smallest absolute Gasteiger partial charge is 0.243 e. The molecule has 2 rings (SSSR count). The van der Waals surface area contributed by atoms with Crippen LogP contribution < -0.4 is 9.47 Å². The monoisotopic (exact) mass is 315 g/mol. The van der Waals surface area contributed by atoms with Gasteiger partial charge in [-0.25, -0.2) is 8.42 Å². The average molecular weight is 315 g/mol. The zero-order valence-electron chi connectivity index (χ0n) is 12.5. The Bertz CT molecular complexity index is 587. The van der Waals surface area contributed by atoms with E-state index in [1.807, 2.05) is 6.92 Å². The van der Waals surface area contributed by atoms with Gasteiger partial charge in [-0.2, -0.15) is 4.31 Å². The lowest BCUT2D eigenvalue weighted by molar-refractivity contribution is -0.00278. The number of nitrogens with zero attached hydrogens (tertiary/aromatic N) is 1. The van der Waals surface area contributed by atoms with Crippen LogP contribution >= 0.6 is 0 Å². The topological polar surface area (TPSA) is 65.1 Å². The number of benzene rings is 1. The van der Waals surface area contributed by atoms with E-state index in [2.05, 4.69) is 0 Å². The lowest BCUT2D eigenvalue weighted by Gasteiger charge is -2.31. The van der Waals surface area contributed by atoms with Gasteiger partial charge in [-0.1, -0.05) is 6.92 Å². The van der Waals surface area contributed by atoms with E-state index in [1.165, 1.54) is 30.7 Å². The van der Waals surface area contributed by atoms with Gasteiger partial charge in [-0.3, -0.25) is 0 Å². The molecule has 0 amide bonds. The first-order chi connectivity index (χ1) is 10.0. The Morgan fingerprint density at radius 1 is 1.29 bits per heavy atom. The molecule has 1 fully saturated rings. The predicted molar refractivity (Wildman–Crippen MR) is 78.3 cm³/mol. The molecule has 1 atom stereocenters. The lowest BCUT2D eigenvalue weighted by atomic mass is 10.2. The van der Waals surface area contributed by atoms with E-state index in [0.717, 1.165) is 6.42 Å². The van der Waals surface area contributed by atoms with Gasteiger partial charge in [-0.05, 0) is 18.6 Å². The van der Waals surface area contributed by atoms with E-state index < -0.39 is 10.0 Å². The number of methoxy groups -OCH3 is 2. The van der Waals surface area contributed by atoms with Gasteiger partial charge in [0.1, 0.15) is 0 Å². The molecule has 0 aliphatic carbocycles. The van der Waals surface area contributed by atoms with Gasteiger partial charge in [0.2, 0.25) is 10.0 Å². The third kappa shape index (κ3) is 3.30. The summed E-state index contributed by atoms with van der Waals surface area (Å²) < 4.78 is 42.7. The quantitative estimate of drug-likeness (QED) is 0.824. The molecule has 1 aliphatic heterocycles. The summed E-state index contributed by atoms with van der Waals surface area (Å²) in [5, 5.41) is 0. The number of ether oxygens (including phenoxy) is 3. The summed E-state index contributed by atoms with van der Waals surface area (Å²) in [6, 6.07) is 4.63. The third-order valence-electron chi connectivity index (χ3n) is 3.55. The first-order valence-corrected chi connectivity index (χ1v) is 8.30. The maximum atomic E-state index is 12.7. The van der Waals surface area contributed by atoms with E-state index >= 15 is 0 Å². The zero-order chi connectivity index (χ0) is 15.5. The van der Waals surface area contributed by atoms with Crippen LogP contribution in [0.2, 0.25) is 0 Å². The highest BCUT2D eigenvalue weighted by Gasteiger charge is 2.30. The molecule has 1 aromatic rings. The number of hydrogen-bond donors (Lipinski definition) is 0. The summed E-state index contributed by atoms with van der Waals surface area (Å²) in [6.45, 7) is 3.16. The normalized spacial score (nSPS) is 20.2. The Morgan fingerprint density at radius 3 is 2.62 bits per heavy atom. The standard InChI is InChI=1S/C14H21NO5S/c1-4-11-10-15(7-8-20-11)21(16,17)12-5-6-13(18-2)14(9-12)19-3/h5-6,9,11H,4,7-8,10H2,1-3H3/t11-/m1/s1. The highest BCUT2D eigenvalue weighted by molar-refractivity contribution is 7.89. The first-order valence-electron chi connectivity index (χ1n) is 6.86. The summed E-state index contributed by atoms with van der Waals surface area (Å²) in [4.78, 5) is 0.205. The van der Waals surface area contributed by atoms with Crippen LogP contribution in [-0.4, -0.2) is 52.7 Å². The van der Waals surface area contributed by atoms with Gasteiger partial charge in [-0.15, -0.1) is 0 Å². The Balaban J connectivity index is 2.30. The molecule has 1 aromatic carbocycles. The van der Waals surface area contributed by atoms with Crippen LogP contribution in [0.5, 0.6) is 11.5 Å². The molecule has 0 N–H and O–H groups in total. The minimum atomic E-state index is -3.54. The molecular weight excluding hydrogens is 294 g/mol. The predicted octanol–water partition coefficient (Wildman–Crippen LogP) is 1.50. The molecule has 0 bridgehead atoms. The van der Waals surface area contributed by atoms with Crippen molar-refractivity contribution in [3.63, 3.8) is 0 Å². The van der Waals surface area contributed by atoms with Crippen molar-refractivity contribution in [1.29, 1.82) is 0 Å². The molecule has 21 heavy (non-hydrogen) atoms. The molecule has 1 heterocycles. The second kappa shape index (κ2) is 6.64. The van der Waals surface area contributed by atoms with Crippen molar-refractivity contribution in [1.82, 2.24) is 4.31 Å². The van der Waals surface area contributed by atoms with Crippen molar-refractivity contribution in [2.45, 2.75) is 24.3 Å². The fourth-order valence-electron chi connectivity index (χ4n) is 2.28. The van der Waals surface area contributed by atoms with Gasteiger partial charge in [0, 0.05) is 19.2 Å². The number of hydrogen-bond acceptors (Lipinski definition) is 5. The van der Waals surface area contributed by atoms with Crippen molar-refractivity contribution in [3.8, 4) is 11.5 Å². The molecule has 7 heteroatoms. The van der Waals surface area contributed by atoms with Crippen LogP contribution in [-0.2, 0) is 14.8 Å². The number of sulfonamides is 1. The lowest BCUT2D eigenvalue weighted by Crippen LogP contribution is -2.45. The highest BCUT2D eigenvalue weighted by Crippen LogP contribution is 2.31. The van der Waals surface area contributed by atoms with Crippen LogP contribution in [0, 0.1) is 0 Å². The van der Waals surface area contributed by atoms with Gasteiger partial charge >= 0.3 is 0 Å². The zero-order valence-corrected chi connectivity index (χ0v) is 13.4. The average Bonchev–Trinajstić information content (AvgIpc) is 2.54. The minimum Gasteiger partial charge on any atom is -0.493 e. The van der Waals surface area contributed by atoms with Gasteiger partial charge in [0.05, 0.1) is 31.8 Å². The maximum Gasteiger partial charge on any atom is 0.243 e. The van der Waals surface area contributed by atoms with E-state index in [1.54, 1.807) is 6.07 Å². The molecule has 0 aromatic heterocycles. The summed E-state index contributed by atoms with van der Waals surface area (Å²) in [5.41, 5.74) is 0. The summed E-state index contributed by atoms with van der Waals surface area (Å²) >= 11 is 0. The van der Waals surface area contributed by atoms with E-state index in [0.29, 0.717) is 31.2 Å². The summed E-state index contributed by atoms with van der Waals surface area (Å²) in [6.07, 6.45) is 0.742. The Morgan fingerprint density at radius 2 is 2.00 bits per heavy atom. The SMILES string of the molecule is CC[C@@H]1CN(S(=O)(=O)c2ccc(OC)c(OC)c2)CCO1. The molecule has 0 radical (unpaired) electrons. The fraction of sp³-hybridized carbons (Fsp3) is 0.571. The number of morpholine rings is 1. The maximum absolute atomic E-state index is 12.7. The molecule has 0 saturated carbocycles. The molecule has 1 saturated heterocycles. The molecule has 0 unspecified atom stereocenters. The van der Waals surface area contributed by atoms with Crippen molar-refractivity contribution in [2.75, 3.05) is 33.9 Å². The van der Waals surface area contributed by atoms with E-state index in [4.69, 9.17) is 14.2 Å². The van der Waals surface area contributed by atoms with Crippen LogP contribution in [0.15, 0.2) is 23.1 Å². The van der Waals surface area contributed by atoms with Gasteiger partial charge in [0.25, 0.3) is 0 Å². The Hall–Kier alpha value is -1.31. The molecular formula is C14H21NO5S. The van der Waals surface area contributed by atoms with Crippen molar-refractivity contribution >= 4 is 10.0 Å². The van der Waals surface area contributed by atoms with E-state index in [-0.39, 0.29) is 11.0 Å². The van der Waals surface area contributed by atoms with Crippen LogP contribution in [0.4, 0.5) is 0 Å². The van der Waals surface area contributed by atoms with Crippen LogP contribution in [0.1, 0.15) is 13.3 Å². The summed E-state index contributed by atoms with van der Waals surface area (Å²) in [7, 11) is -0.549. The Kier molecular flexibility index (Phi) is 5.08. The number of rotatable bonds is 5. The fourth-order valence-corrected chi connectivity index (χ4v) is 3.76. The Labute approximate surface area is 125 Å². The largest absolute Gasteiger partial charge is 0.493 e. The van der Waals surface area contributed by atoms with Gasteiger partial charge < -0.3 is 14.2 Å². The first kappa shape index (κ1) is 16.1. The molecule has 6 nitrogen and oxygen atoms in total. The van der Waals surface area contributed by atoms with Crippen LogP contribution in [0.25, 0.3) is 0 Å². The minimum absolute atomic E-state index is 0.0475. The second-order valence-electron chi connectivity index (χ2n) is 4.78. The van der Waals surface area contributed by atoms with Crippen molar-refractivity contribution < 1.29 is 22.6 Å². The summed E-state index contributed by atoms with van der Waals surface area (Å²) in [5.74, 6) is 0.906. The molecule has 1 aliphatic rings. The van der Waals surface area contributed by atoms with Crippen molar-refractivity contribution in [2.24, 2.45) is 0 Å². The second-order valence-corrected chi connectivity index (χ2v) is 6.72. The molecule has 0 spiro atoms.